The molecule has 2 aromatic rings. The van der Waals surface area contributed by atoms with E-state index in [1.165, 1.54) is 6.07 Å². The fraction of sp³-hybridized carbons (Fsp3) is 0.250. The Morgan fingerprint density at radius 1 is 1.20 bits per heavy atom. The molecule has 0 aliphatic rings. The van der Waals surface area contributed by atoms with E-state index < -0.39 is 0 Å². The molecular weight excluding hydrogens is 321 g/mol. The largest absolute Gasteiger partial charge is 0.494 e. The number of anilines is 1. The second-order valence-electron chi connectivity index (χ2n) is 4.48. The second-order valence-corrected chi connectivity index (χ2v) is 5.33. The maximum Gasteiger partial charge on any atom is 0.139 e. The van der Waals surface area contributed by atoms with Crippen molar-refractivity contribution in [1.82, 2.24) is 0 Å². The highest BCUT2D eigenvalue weighted by molar-refractivity contribution is 9.10. The molecule has 1 N–H and O–H groups in total. The number of hydrogen-bond acceptors (Lipinski definition) is 2. The molecule has 2 aromatic carbocycles. The van der Waals surface area contributed by atoms with Crippen molar-refractivity contribution in [2.75, 3.05) is 11.9 Å². The maximum atomic E-state index is 13.4. The second kappa shape index (κ2) is 7.29. The summed E-state index contributed by atoms with van der Waals surface area (Å²) in [7, 11) is 0. The Kier molecular flexibility index (Phi) is 5.41. The van der Waals surface area contributed by atoms with Crippen molar-refractivity contribution in [2.24, 2.45) is 0 Å². The van der Waals surface area contributed by atoms with Crippen molar-refractivity contribution in [3.05, 3.63) is 58.3 Å². The van der Waals surface area contributed by atoms with Gasteiger partial charge in [0.25, 0.3) is 0 Å². The van der Waals surface area contributed by atoms with Crippen LogP contribution in [0.3, 0.4) is 0 Å². The van der Waals surface area contributed by atoms with Crippen LogP contribution in [0.5, 0.6) is 5.75 Å². The summed E-state index contributed by atoms with van der Waals surface area (Å²) < 4.78 is 19.5. The molecule has 0 aromatic heterocycles. The van der Waals surface area contributed by atoms with Gasteiger partial charge in [-0.15, -0.1) is 0 Å². The van der Waals surface area contributed by atoms with Crippen LogP contribution in [0.25, 0.3) is 0 Å². The van der Waals surface area contributed by atoms with Gasteiger partial charge in [-0.1, -0.05) is 19.1 Å². The van der Waals surface area contributed by atoms with Crippen LogP contribution in [0.2, 0.25) is 0 Å². The molecule has 0 unspecified atom stereocenters. The number of hydrogen-bond donors (Lipinski definition) is 1. The summed E-state index contributed by atoms with van der Waals surface area (Å²) in [4.78, 5) is 0. The highest BCUT2D eigenvalue weighted by Gasteiger charge is 2.01. The Hall–Kier alpha value is -1.55. The van der Waals surface area contributed by atoms with Gasteiger partial charge in [-0.05, 0) is 58.2 Å². The van der Waals surface area contributed by atoms with Crippen LogP contribution >= 0.6 is 15.9 Å². The molecule has 2 nitrogen and oxygen atoms in total. The van der Waals surface area contributed by atoms with Crippen LogP contribution in [-0.2, 0) is 6.54 Å². The quantitative estimate of drug-likeness (QED) is 0.801. The molecule has 0 saturated carbocycles. The number of benzene rings is 2. The predicted molar refractivity (Wildman–Crippen MR) is 83.7 cm³/mol. The average Bonchev–Trinajstić information content (AvgIpc) is 2.47. The van der Waals surface area contributed by atoms with E-state index in [2.05, 4.69) is 28.2 Å². The molecule has 0 amide bonds. The van der Waals surface area contributed by atoms with Gasteiger partial charge in [0.2, 0.25) is 0 Å². The lowest BCUT2D eigenvalue weighted by Gasteiger charge is -2.09. The molecular formula is C16H17BrFNO. The third kappa shape index (κ3) is 4.23. The van der Waals surface area contributed by atoms with Gasteiger partial charge in [0, 0.05) is 12.2 Å². The molecule has 0 bridgehead atoms. The minimum Gasteiger partial charge on any atom is -0.494 e. The Labute approximate surface area is 127 Å². The SMILES string of the molecule is CCCOc1cccc(CNc2ccc(Br)c(F)c2)c1. The first-order valence-electron chi connectivity index (χ1n) is 6.59. The molecule has 0 fully saturated rings. The third-order valence-corrected chi connectivity index (χ3v) is 3.43. The van der Waals surface area contributed by atoms with Crippen molar-refractivity contribution in [3.8, 4) is 5.75 Å². The van der Waals surface area contributed by atoms with Crippen molar-refractivity contribution in [1.29, 1.82) is 0 Å². The molecule has 0 aliphatic carbocycles. The number of nitrogens with one attached hydrogen (secondary N) is 1. The van der Waals surface area contributed by atoms with E-state index in [-0.39, 0.29) is 5.82 Å². The monoisotopic (exact) mass is 337 g/mol. The van der Waals surface area contributed by atoms with Gasteiger partial charge in [0.1, 0.15) is 11.6 Å². The predicted octanol–water partition coefficient (Wildman–Crippen LogP) is 4.99. The average molecular weight is 338 g/mol. The van der Waals surface area contributed by atoms with Crippen LogP contribution in [0.1, 0.15) is 18.9 Å². The van der Waals surface area contributed by atoms with Gasteiger partial charge in [-0.25, -0.2) is 4.39 Å². The van der Waals surface area contributed by atoms with Gasteiger partial charge >= 0.3 is 0 Å². The number of ether oxygens (including phenoxy) is 1. The third-order valence-electron chi connectivity index (χ3n) is 2.79. The highest BCUT2D eigenvalue weighted by Crippen LogP contribution is 2.20. The molecule has 0 atom stereocenters. The van der Waals surface area contributed by atoms with Gasteiger partial charge in [0.15, 0.2) is 0 Å². The zero-order valence-electron chi connectivity index (χ0n) is 11.3. The van der Waals surface area contributed by atoms with Crippen LogP contribution in [-0.4, -0.2) is 6.61 Å². The zero-order valence-corrected chi connectivity index (χ0v) is 12.9. The first-order chi connectivity index (χ1) is 9.69. The Balaban J connectivity index is 1.97. The topological polar surface area (TPSA) is 21.3 Å². The molecule has 0 aliphatic heterocycles. The Morgan fingerprint density at radius 3 is 2.80 bits per heavy atom. The summed E-state index contributed by atoms with van der Waals surface area (Å²) in [5.74, 6) is 0.600. The summed E-state index contributed by atoms with van der Waals surface area (Å²) in [6.07, 6.45) is 0.987. The molecule has 106 valence electrons. The fourth-order valence-electron chi connectivity index (χ4n) is 1.78. The Bertz CT molecular complexity index is 574. The summed E-state index contributed by atoms with van der Waals surface area (Å²) in [6.45, 7) is 3.42. The summed E-state index contributed by atoms with van der Waals surface area (Å²) >= 11 is 3.14. The van der Waals surface area contributed by atoms with Gasteiger partial charge in [-0.2, -0.15) is 0 Å². The lowest BCUT2D eigenvalue weighted by molar-refractivity contribution is 0.317. The van der Waals surface area contributed by atoms with Crippen molar-refractivity contribution < 1.29 is 9.13 Å². The van der Waals surface area contributed by atoms with Crippen molar-refractivity contribution >= 4 is 21.6 Å². The fourth-order valence-corrected chi connectivity index (χ4v) is 2.02. The standard InChI is InChI=1S/C16H17BrFNO/c1-2-8-20-14-5-3-4-12(9-14)11-19-13-6-7-15(17)16(18)10-13/h3-7,9-10,19H,2,8,11H2,1H3. The van der Waals surface area contributed by atoms with Crippen LogP contribution in [0, 0.1) is 5.82 Å². The van der Waals surface area contributed by atoms with E-state index in [0.29, 0.717) is 11.0 Å². The lowest BCUT2D eigenvalue weighted by Crippen LogP contribution is -2.01. The minimum atomic E-state index is -0.268. The molecule has 20 heavy (non-hydrogen) atoms. The maximum absolute atomic E-state index is 13.4. The zero-order chi connectivity index (χ0) is 14.4. The van der Waals surface area contributed by atoms with Crippen molar-refractivity contribution in [3.63, 3.8) is 0 Å². The number of rotatable bonds is 6. The first kappa shape index (κ1) is 14.9. The van der Waals surface area contributed by atoms with E-state index in [0.717, 1.165) is 30.0 Å². The highest BCUT2D eigenvalue weighted by atomic mass is 79.9. The summed E-state index contributed by atoms with van der Waals surface area (Å²) in [6, 6.07) is 12.9. The molecule has 2 rings (SSSR count). The van der Waals surface area contributed by atoms with E-state index >= 15 is 0 Å². The summed E-state index contributed by atoms with van der Waals surface area (Å²) in [5, 5.41) is 3.20. The van der Waals surface area contributed by atoms with Crippen LogP contribution < -0.4 is 10.1 Å². The summed E-state index contributed by atoms with van der Waals surface area (Å²) in [5.41, 5.74) is 1.85. The smallest absolute Gasteiger partial charge is 0.139 e. The van der Waals surface area contributed by atoms with E-state index in [9.17, 15) is 4.39 Å². The minimum absolute atomic E-state index is 0.268. The molecule has 0 heterocycles. The molecule has 0 radical (unpaired) electrons. The van der Waals surface area contributed by atoms with Gasteiger partial charge < -0.3 is 10.1 Å². The first-order valence-corrected chi connectivity index (χ1v) is 7.39. The van der Waals surface area contributed by atoms with Crippen LogP contribution in [0.4, 0.5) is 10.1 Å². The van der Waals surface area contributed by atoms with Crippen molar-refractivity contribution in [2.45, 2.75) is 19.9 Å². The normalized spacial score (nSPS) is 10.3. The van der Waals surface area contributed by atoms with Crippen LogP contribution in [0.15, 0.2) is 46.9 Å². The molecule has 4 heteroatoms. The lowest BCUT2D eigenvalue weighted by atomic mass is 10.2. The molecule has 0 saturated heterocycles. The number of halogens is 2. The molecule has 0 spiro atoms. The van der Waals surface area contributed by atoms with E-state index in [1.54, 1.807) is 6.07 Å². The van der Waals surface area contributed by atoms with E-state index in [4.69, 9.17) is 4.74 Å². The van der Waals surface area contributed by atoms with Gasteiger partial charge in [-0.3, -0.25) is 0 Å². The van der Waals surface area contributed by atoms with E-state index in [1.807, 2.05) is 30.3 Å². The van der Waals surface area contributed by atoms with Gasteiger partial charge in [0.05, 0.1) is 11.1 Å². The Morgan fingerprint density at radius 2 is 2.05 bits per heavy atom.